The Labute approximate surface area is 128 Å². The van der Waals surface area contributed by atoms with Gasteiger partial charge in [-0.3, -0.25) is 4.79 Å². The van der Waals surface area contributed by atoms with Crippen LogP contribution in [0.15, 0.2) is 24.3 Å². The minimum absolute atomic E-state index is 0.133. The van der Waals surface area contributed by atoms with Crippen molar-refractivity contribution >= 4 is 11.6 Å². The van der Waals surface area contributed by atoms with Crippen LogP contribution in [0.3, 0.4) is 0 Å². The average molecular weight is 289 g/mol. The van der Waals surface area contributed by atoms with Gasteiger partial charge in [-0.2, -0.15) is 0 Å². The number of nitrogens with one attached hydrogen (secondary N) is 1. The molecule has 3 heteroatoms. The molecule has 116 valence electrons. The van der Waals surface area contributed by atoms with Gasteiger partial charge in [0.15, 0.2) is 0 Å². The van der Waals surface area contributed by atoms with Gasteiger partial charge in [0.25, 0.3) is 0 Å². The number of carbonyl (C=O) groups is 1. The third-order valence-electron chi connectivity index (χ3n) is 5.14. The molecule has 1 aromatic carbocycles. The van der Waals surface area contributed by atoms with Crippen molar-refractivity contribution in [1.29, 1.82) is 0 Å². The molecule has 2 unspecified atom stereocenters. The molecule has 21 heavy (non-hydrogen) atoms. The van der Waals surface area contributed by atoms with Crippen molar-refractivity contribution in [2.24, 2.45) is 17.3 Å². The number of benzene rings is 1. The van der Waals surface area contributed by atoms with Crippen molar-refractivity contribution in [3.05, 3.63) is 24.3 Å². The summed E-state index contributed by atoms with van der Waals surface area (Å²) in [5, 5.41) is 3.05. The fourth-order valence-corrected chi connectivity index (χ4v) is 3.19. The van der Waals surface area contributed by atoms with E-state index in [1.165, 1.54) is 6.42 Å². The van der Waals surface area contributed by atoms with Crippen LogP contribution in [0.5, 0.6) is 5.75 Å². The van der Waals surface area contributed by atoms with Crippen LogP contribution in [0.1, 0.15) is 46.5 Å². The van der Waals surface area contributed by atoms with Crippen molar-refractivity contribution in [2.45, 2.75) is 46.5 Å². The molecule has 0 spiro atoms. The highest BCUT2D eigenvalue weighted by Gasteiger charge is 2.37. The lowest BCUT2D eigenvalue weighted by atomic mass is 9.65. The van der Waals surface area contributed by atoms with Crippen LogP contribution in [0.25, 0.3) is 0 Å². The first-order chi connectivity index (χ1) is 9.94. The van der Waals surface area contributed by atoms with Crippen LogP contribution in [-0.2, 0) is 4.79 Å². The summed E-state index contributed by atoms with van der Waals surface area (Å²) in [7, 11) is 1.64. The second kappa shape index (κ2) is 6.50. The van der Waals surface area contributed by atoms with Gasteiger partial charge in [-0.15, -0.1) is 0 Å². The predicted octanol–water partition coefficient (Wildman–Crippen LogP) is 4.49. The minimum atomic E-state index is 0.133. The van der Waals surface area contributed by atoms with E-state index in [-0.39, 0.29) is 11.8 Å². The lowest BCUT2D eigenvalue weighted by Gasteiger charge is -2.40. The Hall–Kier alpha value is -1.51. The van der Waals surface area contributed by atoms with E-state index in [1.54, 1.807) is 7.11 Å². The van der Waals surface area contributed by atoms with Crippen LogP contribution >= 0.6 is 0 Å². The molecule has 0 saturated heterocycles. The molecule has 1 N–H and O–H groups in total. The van der Waals surface area contributed by atoms with Crippen molar-refractivity contribution in [3.8, 4) is 5.75 Å². The Morgan fingerprint density at radius 1 is 1.33 bits per heavy atom. The molecule has 1 aliphatic rings. The fourth-order valence-electron chi connectivity index (χ4n) is 3.19. The summed E-state index contributed by atoms with van der Waals surface area (Å²) in [6.45, 7) is 6.86. The van der Waals surface area contributed by atoms with Crippen LogP contribution in [0, 0.1) is 17.3 Å². The molecule has 0 aliphatic heterocycles. The van der Waals surface area contributed by atoms with Crippen LogP contribution < -0.4 is 10.1 Å². The summed E-state index contributed by atoms with van der Waals surface area (Å²) in [4.78, 5) is 12.5. The number of rotatable bonds is 4. The monoisotopic (exact) mass is 289 g/mol. The number of hydrogen-bond donors (Lipinski definition) is 1. The maximum absolute atomic E-state index is 12.5. The Bertz CT molecular complexity index is 480. The second-order valence-corrected chi connectivity index (χ2v) is 6.82. The zero-order chi connectivity index (χ0) is 15.5. The standard InChI is InChI=1S/C18H27NO2/c1-13(2)18(3)11-5-6-14(12-18)17(20)19-15-7-9-16(21-4)10-8-15/h7-10,13-14H,5-6,11-12H2,1-4H3,(H,19,20). The number of amides is 1. The van der Waals surface area contributed by atoms with Crippen molar-refractivity contribution in [2.75, 3.05) is 12.4 Å². The first-order valence-electron chi connectivity index (χ1n) is 7.89. The summed E-state index contributed by atoms with van der Waals surface area (Å²) in [5.41, 5.74) is 1.14. The summed E-state index contributed by atoms with van der Waals surface area (Å²) >= 11 is 0. The zero-order valence-corrected chi connectivity index (χ0v) is 13.6. The lowest BCUT2D eigenvalue weighted by Crippen LogP contribution is -2.36. The average Bonchev–Trinajstić information content (AvgIpc) is 2.48. The van der Waals surface area contributed by atoms with Gasteiger partial charge in [0.2, 0.25) is 5.91 Å². The number of anilines is 1. The highest BCUT2D eigenvalue weighted by molar-refractivity contribution is 5.92. The van der Waals surface area contributed by atoms with E-state index in [1.807, 2.05) is 24.3 Å². The van der Waals surface area contributed by atoms with Gasteiger partial charge in [-0.1, -0.05) is 27.2 Å². The summed E-state index contributed by atoms with van der Waals surface area (Å²) in [6.07, 6.45) is 4.38. The Morgan fingerprint density at radius 3 is 2.57 bits per heavy atom. The van der Waals surface area contributed by atoms with E-state index in [0.717, 1.165) is 30.7 Å². The Balaban J connectivity index is 1.99. The number of methoxy groups -OCH3 is 1. The summed E-state index contributed by atoms with van der Waals surface area (Å²) in [5.74, 6) is 1.71. The van der Waals surface area contributed by atoms with Gasteiger partial charge in [0.1, 0.15) is 5.75 Å². The van der Waals surface area contributed by atoms with Gasteiger partial charge in [-0.25, -0.2) is 0 Å². The quantitative estimate of drug-likeness (QED) is 0.887. The minimum Gasteiger partial charge on any atom is -0.497 e. The third-order valence-corrected chi connectivity index (χ3v) is 5.14. The highest BCUT2D eigenvalue weighted by Crippen LogP contribution is 2.44. The molecule has 1 fully saturated rings. The number of ether oxygens (including phenoxy) is 1. The molecular weight excluding hydrogens is 262 g/mol. The van der Waals surface area contributed by atoms with E-state index >= 15 is 0 Å². The molecule has 1 saturated carbocycles. The maximum atomic E-state index is 12.5. The third kappa shape index (κ3) is 3.78. The zero-order valence-electron chi connectivity index (χ0n) is 13.6. The first kappa shape index (κ1) is 15.9. The van der Waals surface area contributed by atoms with Crippen LogP contribution in [0.4, 0.5) is 5.69 Å². The molecule has 1 aliphatic carbocycles. The normalized spacial score (nSPS) is 25.7. The fraction of sp³-hybridized carbons (Fsp3) is 0.611. The van der Waals surface area contributed by atoms with Crippen molar-refractivity contribution in [3.63, 3.8) is 0 Å². The molecule has 0 aromatic heterocycles. The first-order valence-corrected chi connectivity index (χ1v) is 7.89. The Kier molecular flexibility index (Phi) is 4.92. The Morgan fingerprint density at radius 2 is 2.00 bits per heavy atom. The second-order valence-electron chi connectivity index (χ2n) is 6.82. The molecular formula is C18H27NO2. The molecule has 0 radical (unpaired) electrons. The number of carbonyl (C=O) groups excluding carboxylic acids is 1. The van der Waals surface area contributed by atoms with Crippen LogP contribution in [-0.4, -0.2) is 13.0 Å². The molecule has 2 rings (SSSR count). The molecule has 0 heterocycles. The molecule has 0 bridgehead atoms. The summed E-state index contributed by atoms with van der Waals surface area (Å²) in [6, 6.07) is 7.52. The van der Waals surface area contributed by atoms with Crippen molar-refractivity contribution < 1.29 is 9.53 Å². The molecule has 1 amide bonds. The van der Waals surface area contributed by atoms with Gasteiger partial charge in [-0.05, 0) is 54.9 Å². The molecule has 1 aromatic rings. The van der Waals surface area contributed by atoms with E-state index in [4.69, 9.17) is 4.74 Å². The lowest BCUT2D eigenvalue weighted by molar-refractivity contribution is -0.122. The SMILES string of the molecule is COc1ccc(NC(=O)C2CCCC(C)(C(C)C)C2)cc1. The van der Waals surface area contributed by atoms with Gasteiger partial charge in [0, 0.05) is 11.6 Å². The predicted molar refractivity (Wildman–Crippen MR) is 86.5 cm³/mol. The maximum Gasteiger partial charge on any atom is 0.227 e. The molecule has 2 atom stereocenters. The number of hydrogen-bond acceptors (Lipinski definition) is 2. The van der Waals surface area contributed by atoms with E-state index < -0.39 is 0 Å². The van der Waals surface area contributed by atoms with E-state index in [0.29, 0.717) is 11.3 Å². The van der Waals surface area contributed by atoms with Gasteiger partial charge < -0.3 is 10.1 Å². The highest BCUT2D eigenvalue weighted by atomic mass is 16.5. The smallest absolute Gasteiger partial charge is 0.227 e. The summed E-state index contributed by atoms with van der Waals surface area (Å²) < 4.78 is 5.13. The topological polar surface area (TPSA) is 38.3 Å². The van der Waals surface area contributed by atoms with Crippen LogP contribution in [0.2, 0.25) is 0 Å². The van der Waals surface area contributed by atoms with Crippen molar-refractivity contribution in [1.82, 2.24) is 0 Å². The van der Waals surface area contributed by atoms with Gasteiger partial charge >= 0.3 is 0 Å². The molecule has 3 nitrogen and oxygen atoms in total. The van der Waals surface area contributed by atoms with E-state index in [9.17, 15) is 4.79 Å². The van der Waals surface area contributed by atoms with Gasteiger partial charge in [0.05, 0.1) is 7.11 Å². The van der Waals surface area contributed by atoms with E-state index in [2.05, 4.69) is 26.1 Å². The largest absolute Gasteiger partial charge is 0.497 e.